The highest BCUT2D eigenvalue weighted by Gasteiger charge is 2.16. The van der Waals surface area contributed by atoms with Gasteiger partial charge < -0.3 is 5.32 Å². The second-order valence-corrected chi connectivity index (χ2v) is 6.81. The zero-order valence-corrected chi connectivity index (χ0v) is 12.1. The Bertz CT molecular complexity index is 164. The van der Waals surface area contributed by atoms with Crippen molar-refractivity contribution in [2.24, 2.45) is 5.92 Å². The van der Waals surface area contributed by atoms with Gasteiger partial charge in [-0.3, -0.25) is 0 Å². The standard InChI is InChI=1S/C14H29NS/c1-4-15-13(10-12(2)3)11-16-14-8-6-5-7-9-14/h12-15H,4-11H2,1-3H3. The number of thioether (sulfide) groups is 1. The van der Waals surface area contributed by atoms with Crippen LogP contribution in [-0.4, -0.2) is 23.6 Å². The molecule has 1 N–H and O–H groups in total. The summed E-state index contributed by atoms with van der Waals surface area (Å²) >= 11 is 2.22. The molecule has 0 aromatic rings. The van der Waals surface area contributed by atoms with Gasteiger partial charge >= 0.3 is 0 Å². The van der Waals surface area contributed by atoms with E-state index in [4.69, 9.17) is 0 Å². The summed E-state index contributed by atoms with van der Waals surface area (Å²) < 4.78 is 0. The summed E-state index contributed by atoms with van der Waals surface area (Å²) in [6, 6.07) is 0.733. The van der Waals surface area contributed by atoms with Crippen molar-refractivity contribution < 1.29 is 0 Å². The van der Waals surface area contributed by atoms with Gasteiger partial charge in [0.15, 0.2) is 0 Å². The number of nitrogens with one attached hydrogen (secondary N) is 1. The van der Waals surface area contributed by atoms with Crippen LogP contribution in [0.25, 0.3) is 0 Å². The Hall–Kier alpha value is 0.310. The highest BCUT2D eigenvalue weighted by molar-refractivity contribution is 7.99. The first-order valence-electron chi connectivity index (χ1n) is 7.07. The largest absolute Gasteiger partial charge is 0.313 e. The van der Waals surface area contributed by atoms with E-state index < -0.39 is 0 Å². The molecule has 0 aliphatic heterocycles. The normalized spacial score (nSPS) is 20.2. The van der Waals surface area contributed by atoms with E-state index in [1.165, 1.54) is 44.3 Å². The third kappa shape index (κ3) is 6.15. The molecule has 0 radical (unpaired) electrons. The average Bonchev–Trinajstić information content (AvgIpc) is 2.27. The summed E-state index contributed by atoms with van der Waals surface area (Å²) in [5.74, 6) is 2.13. The average molecular weight is 243 g/mol. The lowest BCUT2D eigenvalue weighted by Crippen LogP contribution is -2.33. The Kier molecular flexibility index (Phi) is 7.55. The van der Waals surface area contributed by atoms with Crippen LogP contribution in [0.3, 0.4) is 0 Å². The summed E-state index contributed by atoms with van der Waals surface area (Å²) in [4.78, 5) is 0. The minimum atomic E-state index is 0.733. The molecule has 0 aromatic carbocycles. The molecule has 1 fully saturated rings. The third-order valence-electron chi connectivity index (χ3n) is 3.33. The molecule has 96 valence electrons. The van der Waals surface area contributed by atoms with Crippen molar-refractivity contribution in [1.29, 1.82) is 0 Å². The van der Waals surface area contributed by atoms with Gasteiger partial charge in [-0.05, 0) is 31.7 Å². The van der Waals surface area contributed by atoms with Crippen LogP contribution < -0.4 is 5.32 Å². The fourth-order valence-electron chi connectivity index (χ4n) is 2.55. The summed E-state index contributed by atoms with van der Waals surface area (Å²) in [7, 11) is 0. The van der Waals surface area contributed by atoms with E-state index in [2.05, 4.69) is 37.8 Å². The summed E-state index contributed by atoms with van der Waals surface area (Å²) in [5.41, 5.74) is 0. The van der Waals surface area contributed by atoms with E-state index in [1.54, 1.807) is 0 Å². The zero-order valence-electron chi connectivity index (χ0n) is 11.3. The monoisotopic (exact) mass is 243 g/mol. The molecule has 0 saturated heterocycles. The van der Waals surface area contributed by atoms with Gasteiger partial charge in [-0.25, -0.2) is 0 Å². The number of hydrogen-bond acceptors (Lipinski definition) is 2. The minimum absolute atomic E-state index is 0.733. The van der Waals surface area contributed by atoms with E-state index in [0.29, 0.717) is 0 Å². The minimum Gasteiger partial charge on any atom is -0.313 e. The summed E-state index contributed by atoms with van der Waals surface area (Å²) in [6.07, 6.45) is 8.66. The predicted octanol–water partition coefficient (Wildman–Crippen LogP) is 4.08. The molecule has 1 atom stereocenters. The van der Waals surface area contributed by atoms with Crippen LogP contribution in [0.1, 0.15) is 59.3 Å². The molecule has 1 unspecified atom stereocenters. The second-order valence-electron chi connectivity index (χ2n) is 5.48. The first-order valence-corrected chi connectivity index (χ1v) is 8.12. The topological polar surface area (TPSA) is 12.0 Å². The number of rotatable bonds is 7. The SMILES string of the molecule is CCNC(CSC1CCCCC1)CC(C)C. The highest BCUT2D eigenvalue weighted by atomic mass is 32.2. The van der Waals surface area contributed by atoms with Gasteiger partial charge in [-0.2, -0.15) is 11.8 Å². The Labute approximate surface area is 106 Å². The van der Waals surface area contributed by atoms with E-state index in [9.17, 15) is 0 Å². The molecule has 1 rings (SSSR count). The van der Waals surface area contributed by atoms with Crippen LogP contribution in [0.4, 0.5) is 0 Å². The third-order valence-corrected chi connectivity index (χ3v) is 4.87. The molecule has 0 aromatic heterocycles. The highest BCUT2D eigenvalue weighted by Crippen LogP contribution is 2.29. The lowest BCUT2D eigenvalue weighted by Gasteiger charge is -2.25. The Morgan fingerprint density at radius 1 is 1.19 bits per heavy atom. The van der Waals surface area contributed by atoms with Crippen LogP contribution in [0, 0.1) is 5.92 Å². The van der Waals surface area contributed by atoms with Gasteiger partial charge in [0.1, 0.15) is 0 Å². The van der Waals surface area contributed by atoms with Gasteiger partial charge in [-0.1, -0.05) is 40.0 Å². The van der Waals surface area contributed by atoms with E-state index in [1.807, 2.05) is 0 Å². The van der Waals surface area contributed by atoms with Crippen molar-refractivity contribution in [3.05, 3.63) is 0 Å². The van der Waals surface area contributed by atoms with Crippen LogP contribution in [0.15, 0.2) is 0 Å². The van der Waals surface area contributed by atoms with Crippen LogP contribution in [0.5, 0.6) is 0 Å². The lowest BCUT2D eigenvalue weighted by atomic mass is 10.0. The predicted molar refractivity (Wildman–Crippen MR) is 76.3 cm³/mol. The second kappa shape index (κ2) is 8.41. The van der Waals surface area contributed by atoms with Crippen LogP contribution in [0.2, 0.25) is 0 Å². The van der Waals surface area contributed by atoms with Crippen molar-refractivity contribution in [1.82, 2.24) is 5.32 Å². The quantitative estimate of drug-likeness (QED) is 0.723. The summed E-state index contributed by atoms with van der Waals surface area (Å²) in [5, 5.41) is 4.59. The molecule has 0 bridgehead atoms. The zero-order chi connectivity index (χ0) is 11.8. The van der Waals surface area contributed by atoms with Crippen molar-refractivity contribution in [2.45, 2.75) is 70.6 Å². The van der Waals surface area contributed by atoms with E-state index in [0.717, 1.165) is 23.8 Å². The van der Waals surface area contributed by atoms with Crippen LogP contribution in [-0.2, 0) is 0 Å². The first kappa shape index (κ1) is 14.4. The fraction of sp³-hybridized carbons (Fsp3) is 1.00. The molecule has 0 amide bonds. The van der Waals surface area contributed by atoms with Crippen molar-refractivity contribution >= 4 is 11.8 Å². The molecule has 0 spiro atoms. The molecule has 1 aliphatic carbocycles. The van der Waals surface area contributed by atoms with E-state index in [-0.39, 0.29) is 0 Å². The van der Waals surface area contributed by atoms with Crippen molar-refractivity contribution in [2.75, 3.05) is 12.3 Å². The molecule has 1 aliphatic rings. The van der Waals surface area contributed by atoms with Crippen molar-refractivity contribution in [3.63, 3.8) is 0 Å². The summed E-state index contributed by atoms with van der Waals surface area (Å²) in [6.45, 7) is 7.99. The Balaban J connectivity index is 2.19. The number of hydrogen-bond donors (Lipinski definition) is 1. The first-order chi connectivity index (χ1) is 7.72. The lowest BCUT2D eigenvalue weighted by molar-refractivity contribution is 0.454. The van der Waals surface area contributed by atoms with Gasteiger partial charge in [0.25, 0.3) is 0 Å². The molecular formula is C14H29NS. The molecule has 0 heterocycles. The molecule has 1 saturated carbocycles. The van der Waals surface area contributed by atoms with Gasteiger partial charge in [-0.15, -0.1) is 0 Å². The molecule has 1 nitrogen and oxygen atoms in total. The van der Waals surface area contributed by atoms with Gasteiger partial charge in [0.2, 0.25) is 0 Å². The molecule has 16 heavy (non-hydrogen) atoms. The van der Waals surface area contributed by atoms with Gasteiger partial charge in [0.05, 0.1) is 0 Å². The Morgan fingerprint density at radius 3 is 2.44 bits per heavy atom. The molecular weight excluding hydrogens is 214 g/mol. The van der Waals surface area contributed by atoms with Crippen LogP contribution >= 0.6 is 11.8 Å². The van der Waals surface area contributed by atoms with Gasteiger partial charge in [0, 0.05) is 17.0 Å². The maximum atomic E-state index is 3.63. The van der Waals surface area contributed by atoms with Crippen molar-refractivity contribution in [3.8, 4) is 0 Å². The maximum absolute atomic E-state index is 3.63. The smallest absolute Gasteiger partial charge is 0.0160 e. The maximum Gasteiger partial charge on any atom is 0.0160 e. The fourth-order valence-corrected chi connectivity index (χ4v) is 3.98. The Morgan fingerprint density at radius 2 is 1.88 bits per heavy atom. The van der Waals surface area contributed by atoms with E-state index >= 15 is 0 Å². The molecule has 2 heteroatoms.